The van der Waals surface area contributed by atoms with Crippen LogP contribution in [-0.2, 0) is 10.0 Å². The van der Waals surface area contributed by atoms with Crippen molar-refractivity contribution >= 4 is 36.9 Å². The van der Waals surface area contributed by atoms with Gasteiger partial charge < -0.3 is 5.32 Å². The molecule has 0 bridgehead atoms. The third kappa shape index (κ3) is 7.75. The van der Waals surface area contributed by atoms with E-state index in [9.17, 15) is 13.2 Å². The number of hydrogen-bond acceptors (Lipinski definition) is 5. The van der Waals surface area contributed by atoms with E-state index in [1.54, 1.807) is 30.3 Å². The molecular formula is C13H20N2O3S3. The summed E-state index contributed by atoms with van der Waals surface area (Å²) in [7, 11) is -0.814. The number of benzene rings is 1. The van der Waals surface area contributed by atoms with Crippen LogP contribution in [0.25, 0.3) is 0 Å². The van der Waals surface area contributed by atoms with E-state index >= 15 is 0 Å². The van der Waals surface area contributed by atoms with Crippen molar-refractivity contribution < 1.29 is 13.2 Å². The minimum Gasteiger partial charge on any atom is -0.346 e. The van der Waals surface area contributed by atoms with Crippen LogP contribution >= 0.6 is 21.6 Å². The van der Waals surface area contributed by atoms with Gasteiger partial charge in [0.1, 0.15) is 0 Å². The largest absolute Gasteiger partial charge is 0.346 e. The van der Waals surface area contributed by atoms with E-state index < -0.39 is 10.0 Å². The second-order valence-electron chi connectivity index (χ2n) is 4.24. The van der Waals surface area contributed by atoms with Crippen molar-refractivity contribution in [1.29, 1.82) is 0 Å². The molecule has 0 fully saturated rings. The molecule has 0 spiro atoms. The van der Waals surface area contributed by atoms with Gasteiger partial charge in [0.15, 0.2) is 0 Å². The van der Waals surface area contributed by atoms with E-state index in [-0.39, 0.29) is 10.1 Å². The molecule has 1 amide bonds. The summed E-state index contributed by atoms with van der Waals surface area (Å²) in [5, 5.41) is 2.75. The lowest BCUT2D eigenvalue weighted by Crippen LogP contribution is -2.25. The average Bonchev–Trinajstić information content (AvgIpc) is 2.47. The molecular weight excluding hydrogens is 328 g/mol. The van der Waals surface area contributed by atoms with Gasteiger partial charge in [0, 0.05) is 23.9 Å². The van der Waals surface area contributed by atoms with Gasteiger partial charge in [-0.15, -0.1) is 0 Å². The molecule has 8 heteroatoms. The van der Waals surface area contributed by atoms with Crippen LogP contribution in [-0.4, -0.2) is 33.0 Å². The smallest absolute Gasteiger partial charge is 0.289 e. The van der Waals surface area contributed by atoms with Crippen LogP contribution < -0.4 is 10.0 Å². The molecule has 0 atom stereocenters. The highest BCUT2D eigenvalue weighted by Gasteiger charge is 2.11. The Morgan fingerprint density at radius 2 is 1.76 bits per heavy atom. The zero-order valence-corrected chi connectivity index (χ0v) is 14.3. The first-order chi connectivity index (χ1) is 10.1. The fraction of sp³-hybridized carbons (Fsp3) is 0.462. The number of rotatable bonds is 9. The average molecular weight is 349 g/mol. The molecule has 0 heterocycles. The molecule has 21 heavy (non-hydrogen) atoms. The van der Waals surface area contributed by atoms with Crippen molar-refractivity contribution in [3.05, 3.63) is 30.3 Å². The lowest BCUT2D eigenvalue weighted by atomic mass is 10.2. The number of carbonyl (C=O) groups is 1. The fourth-order valence-corrected chi connectivity index (χ4v) is 3.65. The zero-order valence-electron chi connectivity index (χ0n) is 11.9. The molecule has 0 aliphatic carbocycles. The summed E-state index contributed by atoms with van der Waals surface area (Å²) in [6, 6.07) is 8.32. The van der Waals surface area contributed by atoms with Gasteiger partial charge in [0.05, 0.1) is 4.90 Å². The molecule has 0 aromatic heterocycles. The molecule has 2 N–H and O–H groups in total. The van der Waals surface area contributed by atoms with E-state index in [2.05, 4.69) is 10.0 Å². The van der Waals surface area contributed by atoms with Gasteiger partial charge in [0.2, 0.25) is 10.0 Å². The van der Waals surface area contributed by atoms with Crippen LogP contribution in [0.3, 0.4) is 0 Å². The molecule has 0 saturated carbocycles. The van der Waals surface area contributed by atoms with Crippen LogP contribution in [0.5, 0.6) is 0 Å². The van der Waals surface area contributed by atoms with Crippen LogP contribution in [0.4, 0.5) is 4.79 Å². The molecule has 0 aliphatic rings. The van der Waals surface area contributed by atoms with E-state index in [0.29, 0.717) is 13.1 Å². The summed E-state index contributed by atoms with van der Waals surface area (Å²) >= 11 is 0. The minimum atomic E-state index is -3.40. The third-order valence-corrected chi connectivity index (χ3v) is 5.52. The van der Waals surface area contributed by atoms with Crippen LogP contribution in [0.2, 0.25) is 0 Å². The Hall–Kier alpha value is -0.700. The van der Waals surface area contributed by atoms with Gasteiger partial charge in [-0.3, -0.25) is 4.79 Å². The van der Waals surface area contributed by atoms with Gasteiger partial charge >= 0.3 is 0 Å². The first-order valence-corrected chi connectivity index (χ1v) is 10.6. The third-order valence-electron chi connectivity index (χ3n) is 2.63. The summed E-state index contributed by atoms with van der Waals surface area (Å²) in [5.74, 6) is 0. The molecule has 0 saturated heterocycles. The standard InChI is InChI=1S/C13H20N2O3S3/c1-19-20-13(16)14-10-6-3-7-11-15-21(17,18)12-8-4-2-5-9-12/h2,4-5,8-9,15H,3,6-7,10-11H2,1H3,(H,14,16). The summed E-state index contributed by atoms with van der Waals surface area (Å²) in [5.41, 5.74) is 0. The highest BCUT2D eigenvalue weighted by molar-refractivity contribution is 8.81. The summed E-state index contributed by atoms with van der Waals surface area (Å²) in [6.45, 7) is 1.03. The Labute approximate surface area is 134 Å². The van der Waals surface area contributed by atoms with E-state index in [4.69, 9.17) is 0 Å². The molecule has 0 radical (unpaired) electrons. The first kappa shape index (κ1) is 18.3. The minimum absolute atomic E-state index is 0.0349. The molecule has 5 nitrogen and oxygen atoms in total. The first-order valence-electron chi connectivity index (χ1n) is 6.59. The predicted molar refractivity (Wildman–Crippen MR) is 90.0 cm³/mol. The number of sulfonamides is 1. The van der Waals surface area contributed by atoms with Gasteiger partial charge in [-0.25, -0.2) is 13.1 Å². The quantitative estimate of drug-likeness (QED) is 0.530. The van der Waals surface area contributed by atoms with Crippen molar-refractivity contribution in [1.82, 2.24) is 10.0 Å². The Morgan fingerprint density at radius 1 is 1.10 bits per heavy atom. The highest BCUT2D eigenvalue weighted by Crippen LogP contribution is 2.16. The second-order valence-corrected chi connectivity index (χ2v) is 8.37. The van der Waals surface area contributed by atoms with Crippen molar-refractivity contribution in [2.75, 3.05) is 19.3 Å². The van der Waals surface area contributed by atoms with Crippen LogP contribution in [0, 0.1) is 0 Å². The maximum Gasteiger partial charge on any atom is 0.289 e. The number of unbranched alkanes of at least 4 members (excludes halogenated alkanes) is 2. The summed E-state index contributed by atoms with van der Waals surface area (Å²) in [4.78, 5) is 11.4. The molecule has 1 rings (SSSR count). The number of amides is 1. The van der Waals surface area contributed by atoms with Crippen molar-refractivity contribution in [3.8, 4) is 0 Å². The van der Waals surface area contributed by atoms with E-state index in [1.165, 1.54) is 21.6 Å². The Bertz CT molecular complexity index is 521. The van der Waals surface area contributed by atoms with Gasteiger partial charge in [-0.1, -0.05) is 35.4 Å². The zero-order chi connectivity index (χ0) is 15.6. The Kier molecular flexibility index (Phi) is 8.82. The van der Waals surface area contributed by atoms with Crippen LogP contribution in [0.1, 0.15) is 19.3 Å². The second kappa shape index (κ2) is 10.1. The van der Waals surface area contributed by atoms with Crippen molar-refractivity contribution in [3.63, 3.8) is 0 Å². The van der Waals surface area contributed by atoms with Crippen LogP contribution in [0.15, 0.2) is 35.2 Å². The molecule has 1 aromatic carbocycles. The monoisotopic (exact) mass is 348 g/mol. The number of nitrogens with one attached hydrogen (secondary N) is 2. The number of hydrogen-bond donors (Lipinski definition) is 2. The molecule has 1 aromatic rings. The lowest BCUT2D eigenvalue weighted by molar-refractivity contribution is 0.261. The molecule has 0 unspecified atom stereocenters. The maximum atomic E-state index is 11.9. The maximum absolute atomic E-state index is 11.9. The fourth-order valence-electron chi connectivity index (χ4n) is 1.61. The highest BCUT2D eigenvalue weighted by atomic mass is 33.1. The predicted octanol–water partition coefficient (Wildman–Crippen LogP) is 2.86. The molecule has 118 valence electrons. The van der Waals surface area contributed by atoms with Gasteiger partial charge in [0.25, 0.3) is 5.24 Å². The normalized spacial score (nSPS) is 11.3. The number of carbonyl (C=O) groups excluding carboxylic acids is 1. The lowest BCUT2D eigenvalue weighted by Gasteiger charge is -2.07. The summed E-state index contributed by atoms with van der Waals surface area (Å²) in [6.07, 6.45) is 4.30. The Morgan fingerprint density at radius 3 is 2.43 bits per heavy atom. The topological polar surface area (TPSA) is 75.3 Å². The van der Waals surface area contributed by atoms with E-state index in [0.717, 1.165) is 19.3 Å². The molecule has 0 aliphatic heterocycles. The van der Waals surface area contributed by atoms with Crippen molar-refractivity contribution in [2.24, 2.45) is 0 Å². The van der Waals surface area contributed by atoms with E-state index in [1.807, 2.05) is 6.26 Å². The van der Waals surface area contributed by atoms with Gasteiger partial charge in [-0.05, 0) is 31.2 Å². The SMILES string of the molecule is CSSC(=O)NCCCCCNS(=O)(=O)c1ccccc1. The Balaban J connectivity index is 2.13. The van der Waals surface area contributed by atoms with Crippen molar-refractivity contribution in [2.45, 2.75) is 24.2 Å². The summed E-state index contributed by atoms with van der Waals surface area (Å²) < 4.78 is 26.4. The van der Waals surface area contributed by atoms with Gasteiger partial charge in [-0.2, -0.15) is 0 Å².